The number of hydrogen-bond acceptors (Lipinski definition) is 4. The lowest BCUT2D eigenvalue weighted by Gasteiger charge is -2.04. The number of thioether (sulfide) groups is 1. The number of hydrogen-bond donors (Lipinski definition) is 0. The minimum absolute atomic E-state index is 0.390. The summed E-state index contributed by atoms with van der Waals surface area (Å²) in [6.07, 6.45) is 5.27. The van der Waals surface area contributed by atoms with Crippen LogP contribution in [0.15, 0.2) is 41.8 Å². The molecule has 6 heteroatoms. The first-order chi connectivity index (χ1) is 9.28. The lowest BCUT2D eigenvalue weighted by atomic mass is 10.2. The van der Waals surface area contributed by atoms with Crippen molar-refractivity contribution in [2.24, 2.45) is 0 Å². The van der Waals surface area contributed by atoms with Gasteiger partial charge >= 0.3 is 0 Å². The van der Waals surface area contributed by atoms with E-state index in [1.807, 2.05) is 4.57 Å². The second kappa shape index (κ2) is 5.19. The summed E-state index contributed by atoms with van der Waals surface area (Å²) in [7, 11) is 0. The summed E-state index contributed by atoms with van der Waals surface area (Å²) >= 11 is 7.72. The maximum Gasteiger partial charge on any atom is 0.165 e. The van der Waals surface area contributed by atoms with E-state index in [0.29, 0.717) is 10.7 Å². The van der Waals surface area contributed by atoms with Crippen LogP contribution in [0.2, 0.25) is 5.15 Å². The Morgan fingerprint density at radius 3 is 2.68 bits per heavy atom. The van der Waals surface area contributed by atoms with Gasteiger partial charge in [0.2, 0.25) is 0 Å². The fourth-order valence-corrected chi connectivity index (χ4v) is 2.48. The van der Waals surface area contributed by atoms with Gasteiger partial charge in [-0.3, -0.25) is 0 Å². The molecule has 1 aromatic carbocycles. The molecule has 0 fully saturated rings. The highest BCUT2D eigenvalue weighted by molar-refractivity contribution is 7.98. The van der Waals surface area contributed by atoms with Gasteiger partial charge in [0.15, 0.2) is 10.8 Å². The number of fused-ring (bicyclic) bond motifs is 1. The third-order valence-corrected chi connectivity index (χ3v) is 3.89. The third kappa shape index (κ3) is 2.43. The van der Waals surface area contributed by atoms with Crippen LogP contribution in [0.1, 0.15) is 5.56 Å². The zero-order valence-corrected chi connectivity index (χ0v) is 11.8. The van der Waals surface area contributed by atoms with Gasteiger partial charge in [-0.05, 0) is 24.0 Å². The van der Waals surface area contributed by atoms with E-state index < -0.39 is 0 Å². The largest absolute Gasteiger partial charge is 0.311 e. The minimum Gasteiger partial charge on any atom is -0.311 e. The van der Waals surface area contributed by atoms with E-state index in [4.69, 9.17) is 11.6 Å². The average molecular weight is 291 g/mol. The molecule has 0 aliphatic carbocycles. The van der Waals surface area contributed by atoms with Gasteiger partial charge in [-0.15, -0.1) is 11.8 Å². The first-order valence-electron chi connectivity index (χ1n) is 5.72. The molecule has 4 nitrogen and oxygen atoms in total. The highest BCUT2D eigenvalue weighted by Crippen LogP contribution is 2.19. The number of nitrogens with zero attached hydrogens (tertiary/aromatic N) is 4. The predicted molar refractivity (Wildman–Crippen MR) is 77.7 cm³/mol. The summed E-state index contributed by atoms with van der Waals surface area (Å²) in [6, 6.07) is 8.45. The Labute approximate surface area is 119 Å². The van der Waals surface area contributed by atoms with Crippen LogP contribution in [-0.2, 0) is 6.54 Å². The molecular weight excluding hydrogens is 280 g/mol. The Balaban J connectivity index is 1.94. The van der Waals surface area contributed by atoms with Crippen LogP contribution in [-0.4, -0.2) is 25.8 Å². The lowest BCUT2D eigenvalue weighted by molar-refractivity contribution is 0.812. The maximum atomic E-state index is 5.98. The highest BCUT2D eigenvalue weighted by Gasteiger charge is 2.08. The second-order valence-electron chi connectivity index (χ2n) is 4.06. The van der Waals surface area contributed by atoms with Crippen molar-refractivity contribution in [2.45, 2.75) is 11.4 Å². The molecule has 0 bridgehead atoms. The molecule has 96 valence electrons. The Kier molecular flexibility index (Phi) is 3.40. The van der Waals surface area contributed by atoms with Crippen molar-refractivity contribution in [1.82, 2.24) is 19.5 Å². The Morgan fingerprint density at radius 2 is 1.95 bits per heavy atom. The molecule has 2 aromatic heterocycles. The van der Waals surface area contributed by atoms with E-state index in [1.165, 1.54) is 16.8 Å². The zero-order valence-electron chi connectivity index (χ0n) is 10.2. The quantitative estimate of drug-likeness (QED) is 0.549. The predicted octanol–water partition coefficient (Wildman–Crippen LogP) is 3.25. The number of imidazole rings is 1. The average Bonchev–Trinajstić information content (AvgIpc) is 2.84. The molecule has 0 saturated heterocycles. The van der Waals surface area contributed by atoms with Gasteiger partial charge in [0.1, 0.15) is 11.8 Å². The van der Waals surface area contributed by atoms with Gasteiger partial charge in [-0.2, -0.15) is 0 Å². The number of rotatable bonds is 3. The SMILES string of the molecule is CSc1ccc(Cn2cnc3c(Cl)ncnc32)cc1. The monoisotopic (exact) mass is 290 g/mol. The molecule has 3 rings (SSSR count). The molecule has 0 unspecified atom stereocenters. The van der Waals surface area contributed by atoms with Crippen molar-refractivity contribution in [3.63, 3.8) is 0 Å². The van der Waals surface area contributed by atoms with E-state index in [0.717, 1.165) is 12.2 Å². The normalized spacial score (nSPS) is 11.1. The topological polar surface area (TPSA) is 43.6 Å². The molecule has 0 amide bonds. The van der Waals surface area contributed by atoms with Crippen molar-refractivity contribution in [2.75, 3.05) is 6.26 Å². The smallest absolute Gasteiger partial charge is 0.165 e. The molecule has 3 aromatic rings. The Bertz CT molecular complexity index is 708. The molecule has 0 radical (unpaired) electrons. The van der Waals surface area contributed by atoms with Crippen LogP contribution >= 0.6 is 23.4 Å². The molecule has 0 spiro atoms. The fraction of sp³-hybridized carbons (Fsp3) is 0.154. The number of benzene rings is 1. The van der Waals surface area contributed by atoms with Crippen LogP contribution in [0, 0.1) is 0 Å². The minimum atomic E-state index is 0.390. The molecule has 0 N–H and O–H groups in total. The van der Waals surface area contributed by atoms with Gasteiger partial charge in [-0.1, -0.05) is 23.7 Å². The van der Waals surface area contributed by atoms with Crippen molar-refractivity contribution < 1.29 is 0 Å². The summed E-state index contributed by atoms with van der Waals surface area (Å²) in [6.45, 7) is 0.721. The van der Waals surface area contributed by atoms with Crippen LogP contribution in [0.5, 0.6) is 0 Å². The standard InChI is InChI=1S/C13H11ClN4S/c1-19-10-4-2-9(3-5-10)6-18-8-17-11-12(14)15-7-16-13(11)18/h2-5,7-8H,6H2,1H3. The van der Waals surface area contributed by atoms with Crippen molar-refractivity contribution in [1.29, 1.82) is 0 Å². The van der Waals surface area contributed by atoms with Gasteiger partial charge in [0.25, 0.3) is 0 Å². The summed E-state index contributed by atoms with van der Waals surface area (Å²) in [4.78, 5) is 13.7. The van der Waals surface area contributed by atoms with Gasteiger partial charge in [0, 0.05) is 4.90 Å². The first kappa shape index (κ1) is 12.4. The molecule has 0 aliphatic rings. The van der Waals surface area contributed by atoms with E-state index >= 15 is 0 Å². The van der Waals surface area contributed by atoms with Crippen molar-refractivity contribution in [3.05, 3.63) is 47.6 Å². The Morgan fingerprint density at radius 1 is 1.16 bits per heavy atom. The first-order valence-corrected chi connectivity index (χ1v) is 7.32. The number of aromatic nitrogens is 4. The summed E-state index contributed by atoms with van der Waals surface area (Å²) in [5, 5.41) is 0.390. The van der Waals surface area contributed by atoms with Crippen molar-refractivity contribution in [3.8, 4) is 0 Å². The van der Waals surface area contributed by atoms with Gasteiger partial charge in [-0.25, -0.2) is 15.0 Å². The molecule has 0 aliphatic heterocycles. The maximum absolute atomic E-state index is 5.98. The molecule has 0 atom stereocenters. The van der Waals surface area contributed by atoms with Crippen LogP contribution in [0.4, 0.5) is 0 Å². The summed E-state index contributed by atoms with van der Waals surface area (Å²) < 4.78 is 1.97. The van der Waals surface area contributed by atoms with E-state index in [1.54, 1.807) is 18.1 Å². The van der Waals surface area contributed by atoms with Gasteiger partial charge in [0.05, 0.1) is 12.9 Å². The molecular formula is C13H11ClN4S. The molecule has 2 heterocycles. The molecule has 19 heavy (non-hydrogen) atoms. The van der Waals surface area contributed by atoms with Crippen LogP contribution in [0.25, 0.3) is 11.2 Å². The van der Waals surface area contributed by atoms with E-state index in [-0.39, 0.29) is 0 Å². The second-order valence-corrected chi connectivity index (χ2v) is 5.29. The van der Waals surface area contributed by atoms with Gasteiger partial charge < -0.3 is 4.57 Å². The summed E-state index contributed by atoms with van der Waals surface area (Å²) in [5.41, 5.74) is 2.60. The highest BCUT2D eigenvalue weighted by atomic mass is 35.5. The van der Waals surface area contributed by atoms with Crippen LogP contribution in [0.3, 0.4) is 0 Å². The lowest BCUT2D eigenvalue weighted by Crippen LogP contribution is -1.99. The van der Waals surface area contributed by atoms with E-state index in [9.17, 15) is 0 Å². The van der Waals surface area contributed by atoms with Crippen molar-refractivity contribution >= 4 is 34.5 Å². The summed E-state index contributed by atoms with van der Waals surface area (Å²) in [5.74, 6) is 0. The Hall–Kier alpha value is -1.59. The number of halogens is 1. The fourth-order valence-electron chi connectivity index (χ4n) is 1.90. The zero-order chi connectivity index (χ0) is 13.2. The van der Waals surface area contributed by atoms with Crippen LogP contribution < -0.4 is 0 Å². The molecule has 0 saturated carbocycles. The van der Waals surface area contributed by atoms with E-state index in [2.05, 4.69) is 45.5 Å². The third-order valence-electron chi connectivity index (χ3n) is 2.87.